The van der Waals surface area contributed by atoms with Crippen LogP contribution in [-0.2, 0) is 14.8 Å². The lowest BCUT2D eigenvalue weighted by Crippen LogP contribution is -2.36. The third-order valence-corrected chi connectivity index (χ3v) is 6.61. The maximum absolute atomic E-state index is 13.2. The van der Waals surface area contributed by atoms with Gasteiger partial charge in [-0.3, -0.25) is 4.72 Å². The molecule has 0 bridgehead atoms. The Balaban J connectivity index is 1.57. The van der Waals surface area contributed by atoms with Gasteiger partial charge in [-0.25, -0.2) is 8.42 Å². The van der Waals surface area contributed by atoms with Crippen LogP contribution in [-0.4, -0.2) is 58.1 Å². The van der Waals surface area contributed by atoms with Crippen molar-refractivity contribution in [1.82, 2.24) is 10.2 Å². The molecule has 3 aromatic rings. The zero-order chi connectivity index (χ0) is 24.0. The van der Waals surface area contributed by atoms with Crippen molar-refractivity contribution < 1.29 is 22.6 Å². The van der Waals surface area contributed by atoms with Gasteiger partial charge < -0.3 is 19.1 Å². The van der Waals surface area contributed by atoms with Gasteiger partial charge in [0.2, 0.25) is 0 Å². The minimum Gasteiger partial charge on any atom is -0.494 e. The Morgan fingerprint density at radius 1 is 0.971 bits per heavy atom. The molecule has 9 nitrogen and oxygen atoms in total. The Labute approximate surface area is 199 Å². The minimum atomic E-state index is -3.94. The van der Waals surface area contributed by atoms with Gasteiger partial charge in [-0.1, -0.05) is 12.1 Å². The van der Waals surface area contributed by atoms with E-state index in [0.717, 1.165) is 24.5 Å². The molecule has 34 heavy (non-hydrogen) atoms. The second-order valence-electron chi connectivity index (χ2n) is 7.54. The molecule has 0 aliphatic carbocycles. The van der Waals surface area contributed by atoms with Gasteiger partial charge in [-0.2, -0.15) is 0 Å². The average Bonchev–Trinajstić information content (AvgIpc) is 2.86. The number of nitrogens with one attached hydrogen (secondary N) is 1. The molecule has 180 valence electrons. The highest BCUT2D eigenvalue weighted by atomic mass is 32.2. The topological polar surface area (TPSA) is 103 Å². The molecule has 0 amide bonds. The monoisotopic (exact) mass is 484 g/mol. The quantitative estimate of drug-likeness (QED) is 0.492. The van der Waals surface area contributed by atoms with Crippen molar-refractivity contribution >= 4 is 21.5 Å². The number of rotatable bonds is 9. The number of benzene rings is 2. The SMILES string of the molecule is CCOc1ccc(OCC)c(S(=O)(=O)Nc2cccc(-c3ccc(N4CCOCC4)nn3)c2)c1. The Kier molecular flexibility index (Phi) is 7.49. The van der Waals surface area contributed by atoms with E-state index in [-0.39, 0.29) is 10.6 Å². The van der Waals surface area contributed by atoms with Crippen molar-refractivity contribution in [2.24, 2.45) is 0 Å². The van der Waals surface area contributed by atoms with E-state index in [4.69, 9.17) is 14.2 Å². The van der Waals surface area contributed by atoms with Crippen LogP contribution in [0.1, 0.15) is 13.8 Å². The van der Waals surface area contributed by atoms with Crippen molar-refractivity contribution in [1.29, 1.82) is 0 Å². The van der Waals surface area contributed by atoms with Crippen LogP contribution in [0.15, 0.2) is 59.5 Å². The van der Waals surface area contributed by atoms with Crippen LogP contribution in [0.4, 0.5) is 11.5 Å². The lowest BCUT2D eigenvalue weighted by molar-refractivity contribution is 0.122. The second-order valence-corrected chi connectivity index (χ2v) is 9.19. The Morgan fingerprint density at radius 3 is 2.47 bits per heavy atom. The van der Waals surface area contributed by atoms with Crippen molar-refractivity contribution in [3.8, 4) is 22.8 Å². The van der Waals surface area contributed by atoms with Crippen molar-refractivity contribution in [2.75, 3.05) is 49.1 Å². The lowest BCUT2D eigenvalue weighted by atomic mass is 10.1. The minimum absolute atomic E-state index is 0.0142. The first-order chi connectivity index (χ1) is 16.5. The number of nitrogens with zero attached hydrogens (tertiary/aromatic N) is 3. The van der Waals surface area contributed by atoms with Gasteiger partial charge in [0.25, 0.3) is 10.0 Å². The fourth-order valence-electron chi connectivity index (χ4n) is 3.62. The maximum atomic E-state index is 13.2. The summed E-state index contributed by atoms with van der Waals surface area (Å²) in [6, 6.07) is 15.6. The molecule has 1 aromatic heterocycles. The van der Waals surface area contributed by atoms with Crippen LogP contribution < -0.4 is 19.1 Å². The van der Waals surface area contributed by atoms with E-state index in [2.05, 4.69) is 19.8 Å². The Hall–Kier alpha value is -3.37. The van der Waals surface area contributed by atoms with E-state index in [0.29, 0.717) is 43.6 Å². The second kappa shape index (κ2) is 10.7. The molecule has 1 aliphatic rings. The van der Waals surface area contributed by atoms with Gasteiger partial charge in [-0.15, -0.1) is 10.2 Å². The van der Waals surface area contributed by atoms with Gasteiger partial charge in [-0.05, 0) is 50.2 Å². The molecule has 2 aromatic carbocycles. The standard InChI is InChI=1S/C24H28N4O5S/c1-3-32-20-8-10-22(33-4-2)23(17-20)34(29,30)27-19-7-5-6-18(16-19)21-9-11-24(26-25-21)28-12-14-31-15-13-28/h5-11,16-17,27H,3-4,12-15H2,1-2H3. The Morgan fingerprint density at radius 2 is 1.76 bits per heavy atom. The van der Waals surface area contributed by atoms with Crippen LogP contribution in [0.5, 0.6) is 11.5 Å². The third-order valence-electron chi connectivity index (χ3n) is 5.21. The third kappa shape index (κ3) is 5.57. The highest BCUT2D eigenvalue weighted by molar-refractivity contribution is 7.92. The number of aromatic nitrogens is 2. The summed E-state index contributed by atoms with van der Waals surface area (Å²) in [7, 11) is -3.94. The van der Waals surface area contributed by atoms with E-state index in [9.17, 15) is 8.42 Å². The largest absolute Gasteiger partial charge is 0.494 e. The zero-order valence-electron chi connectivity index (χ0n) is 19.2. The summed E-state index contributed by atoms with van der Waals surface area (Å²) in [5.74, 6) is 1.51. The molecule has 1 N–H and O–H groups in total. The van der Waals surface area contributed by atoms with Crippen LogP contribution in [0.3, 0.4) is 0 Å². The number of hydrogen-bond acceptors (Lipinski definition) is 8. The highest BCUT2D eigenvalue weighted by Crippen LogP contribution is 2.31. The summed E-state index contributed by atoms with van der Waals surface area (Å²) in [6.45, 7) is 7.30. The summed E-state index contributed by atoms with van der Waals surface area (Å²) in [4.78, 5) is 2.14. The maximum Gasteiger partial charge on any atom is 0.265 e. The molecular formula is C24H28N4O5S. The first kappa shape index (κ1) is 23.8. The predicted molar refractivity (Wildman–Crippen MR) is 130 cm³/mol. The molecule has 0 atom stereocenters. The lowest BCUT2D eigenvalue weighted by Gasteiger charge is -2.27. The summed E-state index contributed by atoms with van der Waals surface area (Å²) in [5, 5.41) is 8.69. The fraction of sp³-hybridized carbons (Fsp3) is 0.333. The van der Waals surface area contributed by atoms with Crippen molar-refractivity contribution in [2.45, 2.75) is 18.7 Å². The molecule has 4 rings (SSSR count). The molecule has 1 fully saturated rings. The molecule has 1 saturated heterocycles. The average molecular weight is 485 g/mol. The van der Waals surface area contributed by atoms with E-state index >= 15 is 0 Å². The number of ether oxygens (including phenoxy) is 3. The van der Waals surface area contributed by atoms with Crippen molar-refractivity contribution in [3.63, 3.8) is 0 Å². The van der Waals surface area contributed by atoms with Crippen LogP contribution >= 0.6 is 0 Å². The van der Waals surface area contributed by atoms with Crippen molar-refractivity contribution in [3.05, 3.63) is 54.6 Å². The summed E-state index contributed by atoms with van der Waals surface area (Å²) in [6.07, 6.45) is 0. The van der Waals surface area contributed by atoms with Gasteiger partial charge in [0, 0.05) is 30.4 Å². The summed E-state index contributed by atoms with van der Waals surface area (Å²) >= 11 is 0. The molecule has 0 saturated carbocycles. The number of sulfonamides is 1. The number of morpholine rings is 1. The fourth-order valence-corrected chi connectivity index (χ4v) is 4.83. The van der Waals surface area contributed by atoms with Gasteiger partial charge in [0.1, 0.15) is 16.4 Å². The Bertz CT molecular complexity index is 1210. The van der Waals surface area contributed by atoms with Crippen LogP contribution in [0.25, 0.3) is 11.3 Å². The first-order valence-corrected chi connectivity index (χ1v) is 12.7. The van der Waals surface area contributed by atoms with E-state index in [1.807, 2.05) is 25.1 Å². The summed E-state index contributed by atoms with van der Waals surface area (Å²) in [5.41, 5.74) is 1.79. The van der Waals surface area contributed by atoms with E-state index < -0.39 is 10.0 Å². The van der Waals surface area contributed by atoms with Crippen LogP contribution in [0, 0.1) is 0 Å². The number of hydrogen-bond donors (Lipinski definition) is 1. The zero-order valence-corrected chi connectivity index (χ0v) is 20.0. The normalized spacial score (nSPS) is 14.0. The molecule has 0 spiro atoms. The van der Waals surface area contributed by atoms with Crippen LogP contribution in [0.2, 0.25) is 0 Å². The predicted octanol–water partition coefficient (Wildman–Crippen LogP) is 3.58. The molecule has 10 heteroatoms. The molecule has 2 heterocycles. The summed E-state index contributed by atoms with van der Waals surface area (Å²) < 4.78 is 45.5. The molecular weight excluding hydrogens is 456 g/mol. The molecule has 0 unspecified atom stereocenters. The number of anilines is 2. The smallest absolute Gasteiger partial charge is 0.265 e. The highest BCUT2D eigenvalue weighted by Gasteiger charge is 2.21. The molecule has 0 radical (unpaired) electrons. The van der Waals surface area contributed by atoms with E-state index in [1.54, 1.807) is 37.3 Å². The molecule has 1 aliphatic heterocycles. The van der Waals surface area contributed by atoms with Gasteiger partial charge >= 0.3 is 0 Å². The first-order valence-electron chi connectivity index (χ1n) is 11.2. The van der Waals surface area contributed by atoms with Gasteiger partial charge in [0.15, 0.2) is 5.82 Å². The van der Waals surface area contributed by atoms with E-state index in [1.165, 1.54) is 6.07 Å². The van der Waals surface area contributed by atoms with Gasteiger partial charge in [0.05, 0.1) is 32.1 Å².